The normalized spacial score (nSPS) is 20.1. The molecule has 2 aliphatic heterocycles. The zero-order chi connectivity index (χ0) is 15.8. The van der Waals surface area contributed by atoms with Gasteiger partial charge in [0.2, 0.25) is 12.3 Å². The summed E-state index contributed by atoms with van der Waals surface area (Å²) in [4.78, 5) is 22.5. The van der Waals surface area contributed by atoms with Gasteiger partial charge >= 0.3 is 0 Å². The number of likely N-dealkylation sites (tertiary alicyclic amines) is 1. The molecule has 2 heterocycles. The van der Waals surface area contributed by atoms with Gasteiger partial charge in [0.25, 0.3) is 0 Å². The van der Waals surface area contributed by atoms with Gasteiger partial charge in [-0.3, -0.25) is 9.59 Å². The number of hydrogen-bond acceptors (Lipinski definition) is 3. The van der Waals surface area contributed by atoms with Crippen molar-refractivity contribution in [1.29, 1.82) is 0 Å². The minimum absolute atomic E-state index is 0. The Bertz CT molecular complexity index is 241. The van der Waals surface area contributed by atoms with Crippen LogP contribution in [0.3, 0.4) is 0 Å². The summed E-state index contributed by atoms with van der Waals surface area (Å²) in [7, 11) is 0. The second-order valence-corrected chi connectivity index (χ2v) is 4.21. The van der Waals surface area contributed by atoms with Gasteiger partial charge in [-0.05, 0) is 32.2 Å². The second kappa shape index (κ2) is 15.7. The van der Waals surface area contributed by atoms with E-state index in [1.54, 1.807) is 0 Å². The number of carbonyl (C=O) groups excluding carboxylic acids is 2. The van der Waals surface area contributed by atoms with E-state index in [4.69, 9.17) is 4.79 Å². The smallest absolute Gasteiger partial charge is 0.226 e. The zero-order valence-electron chi connectivity index (χ0n) is 13.1. The van der Waals surface area contributed by atoms with E-state index in [1.807, 2.05) is 18.7 Å². The maximum absolute atomic E-state index is 11.9. The van der Waals surface area contributed by atoms with Crippen molar-refractivity contribution in [3.8, 4) is 0 Å². The van der Waals surface area contributed by atoms with Crippen molar-refractivity contribution < 1.29 is 11.0 Å². The summed E-state index contributed by atoms with van der Waals surface area (Å²) in [6, 6.07) is 0. The van der Waals surface area contributed by atoms with Crippen LogP contribution < -0.4 is 11.1 Å². The molecule has 0 spiro atoms. The van der Waals surface area contributed by atoms with E-state index >= 15 is 0 Å². The van der Waals surface area contributed by atoms with Crippen LogP contribution in [0, 0.1) is 5.92 Å². The summed E-state index contributed by atoms with van der Waals surface area (Å²) < 4.78 is 0. The molecule has 3 N–H and O–H groups in total. The first kappa shape index (κ1) is 20.9. The number of piperidine rings is 1. The lowest BCUT2D eigenvalue weighted by Gasteiger charge is -2.26. The summed E-state index contributed by atoms with van der Waals surface area (Å²) in [5, 5.41) is 3.29. The number of rotatable bonds is 1. The number of nitrogens with two attached hydrogens (primary N) is 1. The lowest BCUT2D eigenvalue weighted by Crippen LogP contribution is -2.41. The third kappa shape index (κ3) is 8.69. The summed E-state index contributed by atoms with van der Waals surface area (Å²) in [5.74, 6) is 0.663. The standard InChI is InChI=1S/C10H18N2O.C2H6.C2H4.CH3NO.H2/c13-10(12-6-1-2-7-12)9-4-3-5-11-8-9;2*1-2;2-1-3;/h9,11H,1-8H2;1-2H3;1-2H2;1H,(H2,2,3);1H/t9-;;;;/m0..../s1. The molecule has 0 aromatic heterocycles. The largest absolute Gasteiger partial charge is 0.372 e. The van der Waals surface area contributed by atoms with Crippen LogP contribution in [0.5, 0.6) is 0 Å². The van der Waals surface area contributed by atoms with Crippen molar-refractivity contribution in [2.24, 2.45) is 11.7 Å². The van der Waals surface area contributed by atoms with Crippen LogP contribution in [0.2, 0.25) is 0 Å². The fourth-order valence-corrected chi connectivity index (χ4v) is 2.26. The molecular weight excluding hydrogens is 254 g/mol. The summed E-state index contributed by atoms with van der Waals surface area (Å²) in [6.07, 6.45) is 4.89. The Balaban J connectivity index is -0.000000354. The molecule has 0 saturated carbocycles. The Kier molecular flexibility index (Phi) is 16.4. The average molecular weight is 287 g/mol. The third-order valence-electron chi connectivity index (χ3n) is 3.06. The molecule has 5 nitrogen and oxygen atoms in total. The maximum atomic E-state index is 11.9. The molecule has 2 aliphatic rings. The van der Waals surface area contributed by atoms with Crippen molar-refractivity contribution >= 4 is 12.3 Å². The van der Waals surface area contributed by atoms with Crippen molar-refractivity contribution in [2.75, 3.05) is 26.2 Å². The first-order valence-corrected chi connectivity index (χ1v) is 7.44. The fraction of sp³-hybridized carbons (Fsp3) is 0.733. The lowest BCUT2D eigenvalue weighted by atomic mass is 9.98. The molecule has 0 aromatic rings. The topological polar surface area (TPSA) is 75.4 Å². The van der Waals surface area contributed by atoms with Crippen LogP contribution >= 0.6 is 0 Å². The molecule has 1 atom stereocenters. The van der Waals surface area contributed by atoms with Crippen LogP contribution in [0.1, 0.15) is 41.0 Å². The molecule has 0 radical (unpaired) electrons. The van der Waals surface area contributed by atoms with Gasteiger partial charge in [0.1, 0.15) is 0 Å². The molecule has 0 aliphatic carbocycles. The fourth-order valence-electron chi connectivity index (χ4n) is 2.26. The Morgan fingerprint density at radius 2 is 1.80 bits per heavy atom. The summed E-state index contributed by atoms with van der Waals surface area (Å²) >= 11 is 0. The number of nitrogens with one attached hydrogen (secondary N) is 1. The number of carbonyl (C=O) groups is 2. The maximum Gasteiger partial charge on any atom is 0.226 e. The van der Waals surface area contributed by atoms with E-state index in [1.165, 1.54) is 12.8 Å². The predicted octanol–water partition coefficient (Wildman–Crippen LogP) is 1.78. The minimum atomic E-state index is 0. The minimum Gasteiger partial charge on any atom is -0.372 e. The highest BCUT2D eigenvalue weighted by Gasteiger charge is 2.27. The van der Waals surface area contributed by atoms with Gasteiger partial charge in [0.15, 0.2) is 0 Å². The van der Waals surface area contributed by atoms with Gasteiger partial charge in [0.05, 0.1) is 5.92 Å². The van der Waals surface area contributed by atoms with E-state index in [2.05, 4.69) is 24.2 Å². The quantitative estimate of drug-likeness (QED) is 0.570. The highest BCUT2D eigenvalue weighted by molar-refractivity contribution is 5.79. The van der Waals surface area contributed by atoms with Crippen LogP contribution in [0.4, 0.5) is 0 Å². The van der Waals surface area contributed by atoms with E-state index in [-0.39, 0.29) is 13.8 Å². The van der Waals surface area contributed by atoms with Crippen molar-refractivity contribution in [3.05, 3.63) is 13.2 Å². The highest BCUT2D eigenvalue weighted by atomic mass is 16.2. The van der Waals surface area contributed by atoms with Crippen molar-refractivity contribution in [3.63, 3.8) is 0 Å². The summed E-state index contributed by atoms with van der Waals surface area (Å²) in [6.45, 7) is 14.0. The Labute approximate surface area is 125 Å². The van der Waals surface area contributed by atoms with E-state index in [0.29, 0.717) is 5.91 Å². The van der Waals surface area contributed by atoms with E-state index < -0.39 is 0 Å². The number of hydrogen-bond donors (Lipinski definition) is 2. The molecule has 0 aromatic carbocycles. The second-order valence-electron chi connectivity index (χ2n) is 4.21. The first-order chi connectivity index (χ1) is 9.79. The molecule has 5 heteroatoms. The van der Waals surface area contributed by atoms with Crippen molar-refractivity contribution in [2.45, 2.75) is 39.5 Å². The lowest BCUT2D eigenvalue weighted by molar-refractivity contribution is -0.134. The van der Waals surface area contributed by atoms with Gasteiger partial charge in [-0.1, -0.05) is 13.8 Å². The van der Waals surface area contributed by atoms with Gasteiger partial charge in [0, 0.05) is 21.1 Å². The van der Waals surface area contributed by atoms with Gasteiger partial charge in [-0.2, -0.15) is 0 Å². The SMILES string of the molecule is C=C.CC.NC=O.O=C([C@H]1CCCNC1)N1CCCC1.[HH]. The summed E-state index contributed by atoms with van der Waals surface area (Å²) in [5.41, 5.74) is 4.17. The molecule has 0 bridgehead atoms. The average Bonchev–Trinajstić information content (AvgIpc) is 3.07. The Morgan fingerprint density at radius 1 is 1.30 bits per heavy atom. The number of nitrogens with zero attached hydrogens (tertiary/aromatic N) is 1. The van der Waals surface area contributed by atoms with Gasteiger partial charge in [-0.25, -0.2) is 0 Å². The third-order valence-corrected chi connectivity index (χ3v) is 3.06. The van der Waals surface area contributed by atoms with E-state index in [9.17, 15) is 4.79 Å². The monoisotopic (exact) mass is 287 g/mol. The van der Waals surface area contributed by atoms with Crippen LogP contribution in [-0.4, -0.2) is 43.4 Å². The highest BCUT2D eigenvalue weighted by Crippen LogP contribution is 2.17. The predicted molar refractivity (Wildman–Crippen MR) is 86.4 cm³/mol. The molecule has 2 rings (SSSR count). The number of primary amides is 1. The molecule has 2 fully saturated rings. The number of amides is 2. The molecule has 2 amide bonds. The van der Waals surface area contributed by atoms with Crippen molar-refractivity contribution in [1.82, 2.24) is 10.2 Å². The molecule has 20 heavy (non-hydrogen) atoms. The zero-order valence-corrected chi connectivity index (χ0v) is 13.1. The molecule has 0 unspecified atom stereocenters. The Hall–Kier alpha value is -1.36. The van der Waals surface area contributed by atoms with Gasteiger partial charge < -0.3 is 16.0 Å². The van der Waals surface area contributed by atoms with E-state index in [0.717, 1.165) is 39.0 Å². The van der Waals surface area contributed by atoms with Crippen LogP contribution in [0.15, 0.2) is 13.2 Å². The van der Waals surface area contributed by atoms with Crippen LogP contribution in [0.25, 0.3) is 0 Å². The first-order valence-electron chi connectivity index (χ1n) is 7.44. The van der Waals surface area contributed by atoms with Gasteiger partial charge in [-0.15, -0.1) is 13.2 Å². The molecular formula is C15H33N3O2. The van der Waals surface area contributed by atoms with Crippen LogP contribution in [-0.2, 0) is 9.59 Å². The molecule has 2 saturated heterocycles. The molecule has 120 valence electrons. The Morgan fingerprint density at radius 3 is 2.20 bits per heavy atom.